The summed E-state index contributed by atoms with van der Waals surface area (Å²) in [5.74, 6) is 1.66. The second-order valence-corrected chi connectivity index (χ2v) is 6.22. The molecule has 0 N–H and O–H groups in total. The van der Waals surface area contributed by atoms with Crippen LogP contribution < -0.4 is 0 Å². The lowest BCUT2D eigenvalue weighted by molar-refractivity contribution is 0.0764. The number of imidazole rings is 2. The van der Waals surface area contributed by atoms with Crippen molar-refractivity contribution in [2.24, 2.45) is 5.92 Å². The summed E-state index contributed by atoms with van der Waals surface area (Å²) in [4.78, 5) is 23.0. The maximum absolute atomic E-state index is 12.7. The Morgan fingerprint density at radius 3 is 3.26 bits per heavy atom. The lowest BCUT2D eigenvalue weighted by atomic mass is 9.97. The molecule has 0 bridgehead atoms. The van der Waals surface area contributed by atoms with Crippen LogP contribution in [0.2, 0.25) is 0 Å². The zero-order chi connectivity index (χ0) is 15.8. The maximum atomic E-state index is 12.7. The van der Waals surface area contributed by atoms with Gasteiger partial charge in [-0.2, -0.15) is 0 Å². The van der Waals surface area contributed by atoms with E-state index in [1.165, 1.54) is 0 Å². The maximum Gasteiger partial charge on any atom is 0.253 e. The molecular formula is C17H19N5O. The van der Waals surface area contributed by atoms with E-state index in [-0.39, 0.29) is 5.91 Å². The number of carbonyl (C=O) groups is 1. The second-order valence-electron chi connectivity index (χ2n) is 6.22. The van der Waals surface area contributed by atoms with E-state index in [1.807, 2.05) is 47.1 Å². The van der Waals surface area contributed by atoms with E-state index in [1.54, 1.807) is 12.5 Å². The lowest BCUT2D eigenvalue weighted by Gasteiger charge is -2.28. The molecule has 4 heterocycles. The highest BCUT2D eigenvalue weighted by Crippen LogP contribution is 2.20. The smallest absolute Gasteiger partial charge is 0.253 e. The van der Waals surface area contributed by atoms with E-state index in [4.69, 9.17) is 0 Å². The summed E-state index contributed by atoms with van der Waals surface area (Å²) in [6.45, 7) is 1.75. The minimum Gasteiger partial charge on any atom is -0.341 e. The van der Waals surface area contributed by atoms with Gasteiger partial charge < -0.3 is 13.9 Å². The SMILES string of the molecule is CN(C[C@H]1CCn2ccnc2C1)C(=O)c1ccn2cncc2c1. The number of hydrogen-bond acceptors (Lipinski definition) is 3. The molecule has 1 atom stereocenters. The number of rotatable bonds is 3. The number of nitrogens with zero attached hydrogens (tertiary/aromatic N) is 5. The molecule has 1 aliphatic rings. The predicted molar refractivity (Wildman–Crippen MR) is 86.2 cm³/mol. The van der Waals surface area contributed by atoms with Crippen LogP contribution in [0.3, 0.4) is 0 Å². The summed E-state index contributed by atoms with van der Waals surface area (Å²) < 4.78 is 4.10. The van der Waals surface area contributed by atoms with Crippen molar-refractivity contribution < 1.29 is 4.79 Å². The Kier molecular flexibility index (Phi) is 3.37. The van der Waals surface area contributed by atoms with Crippen molar-refractivity contribution in [3.8, 4) is 0 Å². The van der Waals surface area contributed by atoms with Gasteiger partial charge in [0.1, 0.15) is 5.82 Å². The highest BCUT2D eigenvalue weighted by atomic mass is 16.2. The number of hydrogen-bond donors (Lipinski definition) is 0. The zero-order valence-corrected chi connectivity index (χ0v) is 13.1. The van der Waals surface area contributed by atoms with Crippen LogP contribution in [0.1, 0.15) is 22.6 Å². The van der Waals surface area contributed by atoms with Gasteiger partial charge in [0.2, 0.25) is 0 Å². The third kappa shape index (κ3) is 2.60. The molecule has 0 unspecified atom stereocenters. The Bertz CT molecular complexity index is 849. The highest BCUT2D eigenvalue weighted by Gasteiger charge is 2.22. The molecule has 0 radical (unpaired) electrons. The molecule has 4 rings (SSSR count). The standard InChI is InChI=1S/C17H19N5O/c1-20(11-13-2-5-21-7-4-19-16(21)8-13)17(23)14-3-6-22-12-18-10-15(22)9-14/h3-4,6-7,9-10,12-13H,2,5,8,11H2,1H3/t13-/m0/s1. The van der Waals surface area contributed by atoms with Crippen LogP contribution in [-0.2, 0) is 13.0 Å². The summed E-state index contributed by atoms with van der Waals surface area (Å²) in [6, 6.07) is 3.74. The fraction of sp³-hybridized carbons (Fsp3) is 0.353. The Labute approximate surface area is 134 Å². The third-order valence-electron chi connectivity index (χ3n) is 4.59. The summed E-state index contributed by atoms with van der Waals surface area (Å²) >= 11 is 0. The van der Waals surface area contributed by atoms with E-state index in [9.17, 15) is 4.79 Å². The molecule has 1 amide bonds. The van der Waals surface area contributed by atoms with Crippen LogP contribution in [0.5, 0.6) is 0 Å². The number of aromatic nitrogens is 4. The van der Waals surface area contributed by atoms with E-state index in [2.05, 4.69) is 14.5 Å². The number of pyridine rings is 1. The van der Waals surface area contributed by atoms with Crippen molar-refractivity contribution in [1.29, 1.82) is 0 Å². The van der Waals surface area contributed by atoms with Gasteiger partial charge in [-0.05, 0) is 24.5 Å². The molecule has 118 valence electrons. The molecule has 3 aromatic heterocycles. The second kappa shape index (κ2) is 5.53. The van der Waals surface area contributed by atoms with Crippen molar-refractivity contribution >= 4 is 11.4 Å². The van der Waals surface area contributed by atoms with Crippen LogP contribution in [0, 0.1) is 5.92 Å². The molecule has 0 saturated heterocycles. The van der Waals surface area contributed by atoms with E-state index in [0.717, 1.165) is 37.3 Å². The molecule has 0 saturated carbocycles. The Morgan fingerprint density at radius 1 is 1.43 bits per heavy atom. The average molecular weight is 309 g/mol. The van der Waals surface area contributed by atoms with Gasteiger partial charge in [0.25, 0.3) is 5.91 Å². The lowest BCUT2D eigenvalue weighted by Crippen LogP contribution is -2.35. The summed E-state index contributed by atoms with van der Waals surface area (Å²) in [5, 5.41) is 0. The molecular weight excluding hydrogens is 290 g/mol. The highest BCUT2D eigenvalue weighted by molar-refractivity contribution is 5.95. The first kappa shape index (κ1) is 14.0. The Balaban J connectivity index is 1.46. The summed E-state index contributed by atoms with van der Waals surface area (Å²) in [7, 11) is 1.88. The quantitative estimate of drug-likeness (QED) is 0.742. The largest absolute Gasteiger partial charge is 0.341 e. The van der Waals surface area contributed by atoms with Gasteiger partial charge in [0, 0.05) is 50.7 Å². The van der Waals surface area contributed by atoms with Crippen molar-refractivity contribution in [3.05, 3.63) is 54.6 Å². The molecule has 6 nitrogen and oxygen atoms in total. The van der Waals surface area contributed by atoms with Gasteiger partial charge in [-0.1, -0.05) is 0 Å². The Morgan fingerprint density at radius 2 is 2.35 bits per heavy atom. The molecule has 0 aliphatic carbocycles. The summed E-state index contributed by atoms with van der Waals surface area (Å²) in [5.41, 5.74) is 1.64. The summed E-state index contributed by atoms with van der Waals surface area (Å²) in [6.07, 6.45) is 11.3. The van der Waals surface area contributed by atoms with Crippen LogP contribution in [0.15, 0.2) is 43.2 Å². The van der Waals surface area contributed by atoms with Crippen LogP contribution in [0.25, 0.3) is 5.52 Å². The molecule has 3 aromatic rings. The predicted octanol–water partition coefficient (Wildman–Crippen LogP) is 1.87. The minimum atomic E-state index is 0.0580. The molecule has 0 fully saturated rings. The fourth-order valence-corrected chi connectivity index (χ4v) is 3.31. The number of aryl methyl sites for hydroxylation is 1. The van der Waals surface area contributed by atoms with Crippen molar-refractivity contribution in [2.45, 2.75) is 19.4 Å². The number of fused-ring (bicyclic) bond motifs is 2. The van der Waals surface area contributed by atoms with Gasteiger partial charge >= 0.3 is 0 Å². The van der Waals surface area contributed by atoms with Crippen molar-refractivity contribution in [1.82, 2.24) is 23.8 Å². The van der Waals surface area contributed by atoms with E-state index >= 15 is 0 Å². The number of carbonyl (C=O) groups excluding carboxylic acids is 1. The number of amides is 1. The Hall–Kier alpha value is -2.63. The normalized spacial score (nSPS) is 17.2. The zero-order valence-electron chi connectivity index (χ0n) is 13.1. The van der Waals surface area contributed by atoms with E-state index in [0.29, 0.717) is 11.5 Å². The van der Waals surface area contributed by atoms with Gasteiger partial charge in [0.15, 0.2) is 0 Å². The van der Waals surface area contributed by atoms with Crippen LogP contribution >= 0.6 is 0 Å². The van der Waals surface area contributed by atoms with Crippen molar-refractivity contribution in [3.63, 3.8) is 0 Å². The topological polar surface area (TPSA) is 55.4 Å². The van der Waals surface area contributed by atoms with Gasteiger partial charge in [-0.3, -0.25) is 4.79 Å². The molecule has 1 aliphatic heterocycles. The average Bonchev–Trinajstić information content (AvgIpc) is 3.21. The first-order chi connectivity index (χ1) is 11.2. The monoisotopic (exact) mass is 309 g/mol. The molecule has 23 heavy (non-hydrogen) atoms. The van der Waals surface area contributed by atoms with E-state index < -0.39 is 0 Å². The first-order valence-corrected chi connectivity index (χ1v) is 7.88. The van der Waals surface area contributed by atoms with Crippen LogP contribution in [-0.4, -0.2) is 43.3 Å². The third-order valence-corrected chi connectivity index (χ3v) is 4.59. The molecule has 0 aromatic carbocycles. The van der Waals surface area contributed by atoms with Gasteiger partial charge in [-0.25, -0.2) is 9.97 Å². The van der Waals surface area contributed by atoms with Crippen molar-refractivity contribution in [2.75, 3.05) is 13.6 Å². The molecule has 0 spiro atoms. The van der Waals surface area contributed by atoms with Gasteiger partial charge in [0.05, 0.1) is 18.0 Å². The fourth-order valence-electron chi connectivity index (χ4n) is 3.31. The first-order valence-electron chi connectivity index (χ1n) is 7.88. The minimum absolute atomic E-state index is 0.0580. The van der Waals surface area contributed by atoms with Gasteiger partial charge in [-0.15, -0.1) is 0 Å². The molecule has 6 heteroatoms. The van der Waals surface area contributed by atoms with Crippen LogP contribution in [0.4, 0.5) is 0 Å².